The number of hydrogen-bond acceptors (Lipinski definition) is 3. The van der Waals surface area contributed by atoms with Crippen molar-refractivity contribution in [2.75, 3.05) is 24.0 Å². The Kier molecular flexibility index (Phi) is 7.74. The molecule has 0 unspecified atom stereocenters. The van der Waals surface area contributed by atoms with E-state index in [1.54, 1.807) is 7.11 Å². The maximum absolute atomic E-state index is 5.30. The third kappa shape index (κ3) is 5.63. The summed E-state index contributed by atoms with van der Waals surface area (Å²) in [6.45, 7) is 2.17. The molecule has 42 heavy (non-hydrogen) atoms. The molecule has 0 saturated heterocycles. The zero-order valence-electron chi connectivity index (χ0n) is 24.2. The van der Waals surface area contributed by atoms with Gasteiger partial charge in [-0.2, -0.15) is 0 Å². The summed E-state index contributed by atoms with van der Waals surface area (Å²) in [6.07, 6.45) is 0. The molecule has 0 N–H and O–H groups in total. The van der Waals surface area contributed by atoms with Gasteiger partial charge in [0.2, 0.25) is 0 Å². The summed E-state index contributed by atoms with van der Waals surface area (Å²) in [6, 6.07) is 53.6. The number of methoxy groups -OCH3 is 1. The van der Waals surface area contributed by atoms with Gasteiger partial charge in [-0.3, -0.25) is 0 Å². The Morgan fingerprint density at radius 1 is 0.452 bits per heavy atom. The molecule has 206 valence electrons. The summed E-state index contributed by atoms with van der Waals surface area (Å²) in [5, 5.41) is 0. The van der Waals surface area contributed by atoms with Crippen molar-refractivity contribution in [3.05, 3.63) is 157 Å². The molecule has 3 heteroatoms. The Bertz CT molecular complexity index is 1760. The van der Waals surface area contributed by atoms with E-state index in [1.165, 1.54) is 33.5 Å². The summed E-state index contributed by atoms with van der Waals surface area (Å²) in [4.78, 5) is 4.52. The van der Waals surface area contributed by atoms with Gasteiger partial charge in [-0.05, 0) is 101 Å². The van der Waals surface area contributed by atoms with Gasteiger partial charge in [0.1, 0.15) is 5.75 Å². The van der Waals surface area contributed by atoms with Crippen LogP contribution in [0.3, 0.4) is 0 Å². The van der Waals surface area contributed by atoms with Crippen LogP contribution in [-0.2, 0) is 0 Å². The maximum atomic E-state index is 5.30. The van der Waals surface area contributed by atoms with E-state index in [2.05, 4.69) is 163 Å². The number of benzene rings is 6. The maximum Gasteiger partial charge on any atom is 0.119 e. The molecule has 0 fully saturated rings. The van der Waals surface area contributed by atoms with E-state index in [0.29, 0.717) is 0 Å². The zero-order valence-corrected chi connectivity index (χ0v) is 24.2. The van der Waals surface area contributed by atoms with E-state index in [4.69, 9.17) is 4.74 Å². The molecule has 0 spiro atoms. The van der Waals surface area contributed by atoms with Crippen LogP contribution in [0, 0.1) is 6.92 Å². The molecule has 0 aliphatic heterocycles. The fourth-order valence-electron chi connectivity index (χ4n) is 5.33. The second kappa shape index (κ2) is 12.1. The highest BCUT2D eigenvalue weighted by molar-refractivity contribution is 5.82. The first-order valence-electron chi connectivity index (χ1n) is 14.2. The van der Waals surface area contributed by atoms with Gasteiger partial charge in [0, 0.05) is 35.5 Å². The minimum Gasteiger partial charge on any atom is -0.497 e. The van der Waals surface area contributed by atoms with Gasteiger partial charge in [0.05, 0.1) is 7.11 Å². The van der Waals surface area contributed by atoms with Gasteiger partial charge >= 0.3 is 0 Å². The van der Waals surface area contributed by atoms with Crippen LogP contribution in [0.1, 0.15) is 5.56 Å². The zero-order chi connectivity index (χ0) is 28.9. The Morgan fingerprint density at radius 3 is 1.60 bits per heavy atom. The summed E-state index contributed by atoms with van der Waals surface area (Å²) in [7, 11) is 3.77. The van der Waals surface area contributed by atoms with Crippen LogP contribution in [0.2, 0.25) is 0 Å². The largest absolute Gasteiger partial charge is 0.497 e. The number of aryl methyl sites for hydroxylation is 1. The van der Waals surface area contributed by atoms with Gasteiger partial charge < -0.3 is 14.5 Å². The summed E-state index contributed by atoms with van der Waals surface area (Å²) < 4.78 is 5.30. The molecule has 0 heterocycles. The minimum atomic E-state index is 0.857. The molecular weight excluding hydrogens is 512 g/mol. The van der Waals surface area contributed by atoms with Crippen molar-refractivity contribution in [3.63, 3.8) is 0 Å². The molecule has 0 bridgehead atoms. The molecule has 3 nitrogen and oxygen atoms in total. The molecule has 0 aromatic heterocycles. The number of hydrogen-bond donors (Lipinski definition) is 0. The van der Waals surface area contributed by atoms with Gasteiger partial charge in [-0.1, -0.05) is 84.9 Å². The van der Waals surface area contributed by atoms with Crippen molar-refractivity contribution in [3.8, 4) is 28.0 Å². The standard InChI is InChI=1S/C39H34N2O/c1-29-10-7-8-15-39(29)41(37-14-9-13-33(28-37)30-11-5-4-6-12-30)36-22-18-32(19-23-36)31-16-20-34(21-17-31)40(2)35-24-26-38(42-3)27-25-35/h4-28H,1-3H3. The van der Waals surface area contributed by atoms with Gasteiger partial charge in [-0.15, -0.1) is 0 Å². The van der Waals surface area contributed by atoms with Crippen LogP contribution < -0.4 is 14.5 Å². The Hall–Kier alpha value is -5.28. The molecule has 0 aliphatic carbocycles. The van der Waals surface area contributed by atoms with Crippen LogP contribution in [0.25, 0.3) is 22.3 Å². The van der Waals surface area contributed by atoms with Gasteiger partial charge in [0.15, 0.2) is 0 Å². The van der Waals surface area contributed by atoms with Crippen LogP contribution in [0.15, 0.2) is 152 Å². The smallest absolute Gasteiger partial charge is 0.119 e. The lowest BCUT2D eigenvalue weighted by Crippen LogP contribution is -2.11. The molecule has 0 saturated carbocycles. The lowest BCUT2D eigenvalue weighted by Gasteiger charge is -2.27. The Morgan fingerprint density at radius 2 is 0.976 bits per heavy atom. The molecule has 6 aromatic rings. The first-order chi connectivity index (χ1) is 20.6. The summed E-state index contributed by atoms with van der Waals surface area (Å²) in [5.41, 5.74) is 11.7. The normalized spacial score (nSPS) is 10.7. The van der Waals surface area contributed by atoms with Crippen molar-refractivity contribution in [1.29, 1.82) is 0 Å². The third-order valence-electron chi connectivity index (χ3n) is 7.74. The monoisotopic (exact) mass is 546 g/mol. The van der Waals surface area contributed by atoms with Crippen LogP contribution >= 0.6 is 0 Å². The number of rotatable bonds is 8. The highest BCUT2D eigenvalue weighted by atomic mass is 16.5. The predicted octanol–water partition coefficient (Wildman–Crippen LogP) is 10.6. The predicted molar refractivity (Wildman–Crippen MR) is 178 cm³/mol. The second-order valence-corrected chi connectivity index (χ2v) is 10.4. The topological polar surface area (TPSA) is 15.7 Å². The van der Waals surface area contributed by atoms with Gasteiger partial charge in [0.25, 0.3) is 0 Å². The fourth-order valence-corrected chi connectivity index (χ4v) is 5.33. The molecule has 6 aromatic carbocycles. The molecule has 0 aliphatic rings. The number of ether oxygens (including phenoxy) is 1. The van der Waals surface area contributed by atoms with Crippen molar-refractivity contribution in [1.82, 2.24) is 0 Å². The van der Waals surface area contributed by atoms with E-state index in [-0.39, 0.29) is 0 Å². The quantitative estimate of drug-likeness (QED) is 0.189. The Balaban J connectivity index is 1.30. The molecule has 0 amide bonds. The fraction of sp³-hybridized carbons (Fsp3) is 0.0769. The molecule has 6 rings (SSSR count). The minimum absolute atomic E-state index is 0.857. The Labute approximate surface area is 248 Å². The number of nitrogens with zero attached hydrogens (tertiary/aromatic N) is 2. The van der Waals surface area contributed by atoms with E-state index in [1.807, 2.05) is 12.1 Å². The van der Waals surface area contributed by atoms with Gasteiger partial charge in [-0.25, -0.2) is 0 Å². The van der Waals surface area contributed by atoms with Crippen molar-refractivity contribution < 1.29 is 4.74 Å². The first kappa shape index (κ1) is 26.9. The first-order valence-corrected chi connectivity index (χ1v) is 14.2. The average molecular weight is 547 g/mol. The van der Waals surface area contributed by atoms with E-state index in [0.717, 1.165) is 28.5 Å². The van der Waals surface area contributed by atoms with E-state index < -0.39 is 0 Å². The van der Waals surface area contributed by atoms with Crippen molar-refractivity contribution in [2.45, 2.75) is 6.92 Å². The highest BCUT2D eigenvalue weighted by Crippen LogP contribution is 2.39. The van der Waals surface area contributed by atoms with E-state index in [9.17, 15) is 0 Å². The molecule has 0 radical (unpaired) electrons. The van der Waals surface area contributed by atoms with Crippen LogP contribution in [0.4, 0.5) is 28.4 Å². The van der Waals surface area contributed by atoms with Crippen LogP contribution in [-0.4, -0.2) is 14.2 Å². The van der Waals surface area contributed by atoms with Crippen LogP contribution in [0.5, 0.6) is 5.75 Å². The van der Waals surface area contributed by atoms with Crippen molar-refractivity contribution >= 4 is 28.4 Å². The average Bonchev–Trinajstić information content (AvgIpc) is 3.06. The number of para-hydroxylation sites is 1. The third-order valence-corrected chi connectivity index (χ3v) is 7.74. The summed E-state index contributed by atoms with van der Waals surface area (Å²) >= 11 is 0. The number of anilines is 5. The lowest BCUT2D eigenvalue weighted by atomic mass is 10.0. The highest BCUT2D eigenvalue weighted by Gasteiger charge is 2.15. The lowest BCUT2D eigenvalue weighted by molar-refractivity contribution is 0.415. The van der Waals surface area contributed by atoms with Crippen molar-refractivity contribution in [2.24, 2.45) is 0 Å². The SMILES string of the molecule is COc1ccc(N(C)c2ccc(-c3ccc(N(c4cccc(-c5ccccc5)c4)c4ccccc4C)cc3)cc2)cc1. The second-order valence-electron chi connectivity index (χ2n) is 10.4. The molecule has 0 atom stereocenters. The summed E-state index contributed by atoms with van der Waals surface area (Å²) in [5.74, 6) is 0.857. The van der Waals surface area contributed by atoms with E-state index >= 15 is 0 Å². The molecular formula is C39H34N2O.